The van der Waals surface area contributed by atoms with Gasteiger partial charge in [0.15, 0.2) is 0 Å². The number of nitrogens with zero attached hydrogens (tertiary/aromatic N) is 2. The van der Waals surface area contributed by atoms with E-state index in [4.69, 9.17) is 9.72 Å². The van der Waals surface area contributed by atoms with Crippen molar-refractivity contribution in [1.82, 2.24) is 15.2 Å². The number of thiazole rings is 1. The summed E-state index contributed by atoms with van der Waals surface area (Å²) in [6.45, 7) is 6.03. The monoisotopic (exact) mass is 345 g/mol. The van der Waals surface area contributed by atoms with Crippen LogP contribution in [0, 0.1) is 5.92 Å². The molecule has 2 aromatic rings. The van der Waals surface area contributed by atoms with Gasteiger partial charge in [-0.15, -0.1) is 11.3 Å². The Morgan fingerprint density at radius 3 is 2.79 bits per heavy atom. The molecule has 0 spiro atoms. The Labute approximate surface area is 148 Å². The van der Waals surface area contributed by atoms with Crippen LogP contribution in [0.3, 0.4) is 0 Å². The topological polar surface area (TPSA) is 37.4 Å². The molecule has 2 aliphatic heterocycles. The van der Waals surface area contributed by atoms with E-state index in [1.54, 1.807) is 0 Å². The minimum absolute atomic E-state index is 0.0892. The van der Waals surface area contributed by atoms with Crippen LogP contribution in [-0.4, -0.2) is 50.3 Å². The van der Waals surface area contributed by atoms with E-state index in [2.05, 4.69) is 49.4 Å². The van der Waals surface area contributed by atoms with E-state index in [0.29, 0.717) is 6.04 Å². The highest BCUT2D eigenvalue weighted by Gasteiger charge is 2.43. The van der Waals surface area contributed by atoms with Crippen molar-refractivity contribution in [2.45, 2.75) is 31.2 Å². The SMILES string of the molecule is C[C@H]1CC[C@H](c2ccc3sc(C4(CN(C)C)COC4)nc3c2)NC1. The number of hydrogen-bond acceptors (Lipinski definition) is 5. The molecular formula is C19H27N3OS. The lowest BCUT2D eigenvalue weighted by atomic mass is 9.86. The molecule has 0 unspecified atom stereocenters. The highest BCUT2D eigenvalue weighted by Crippen LogP contribution is 2.38. The first-order valence-corrected chi connectivity index (χ1v) is 9.74. The van der Waals surface area contributed by atoms with Crippen molar-refractivity contribution < 1.29 is 4.74 Å². The molecule has 4 nitrogen and oxygen atoms in total. The lowest BCUT2D eigenvalue weighted by Gasteiger charge is -2.41. The predicted octanol–water partition coefficient (Wildman–Crippen LogP) is 3.19. The molecule has 1 N–H and O–H groups in total. The number of ether oxygens (including phenoxy) is 1. The van der Waals surface area contributed by atoms with Gasteiger partial charge >= 0.3 is 0 Å². The number of fused-ring (bicyclic) bond motifs is 1. The van der Waals surface area contributed by atoms with Crippen LogP contribution < -0.4 is 5.32 Å². The summed E-state index contributed by atoms with van der Waals surface area (Å²) in [6.07, 6.45) is 2.53. The predicted molar refractivity (Wildman–Crippen MR) is 99.8 cm³/mol. The van der Waals surface area contributed by atoms with E-state index in [-0.39, 0.29) is 5.41 Å². The molecule has 130 valence electrons. The molecule has 1 aromatic carbocycles. The fraction of sp³-hybridized carbons (Fsp3) is 0.632. The van der Waals surface area contributed by atoms with E-state index >= 15 is 0 Å². The first-order chi connectivity index (χ1) is 11.6. The zero-order valence-corrected chi connectivity index (χ0v) is 15.7. The van der Waals surface area contributed by atoms with Gasteiger partial charge in [0.1, 0.15) is 5.01 Å². The third-order valence-corrected chi connectivity index (χ3v) is 6.59. The van der Waals surface area contributed by atoms with Gasteiger partial charge in [-0.2, -0.15) is 0 Å². The smallest absolute Gasteiger partial charge is 0.106 e. The Morgan fingerprint density at radius 2 is 2.17 bits per heavy atom. The number of likely N-dealkylation sites (N-methyl/N-ethyl adjacent to an activating group) is 1. The molecule has 0 amide bonds. The second-order valence-electron chi connectivity index (χ2n) is 7.90. The highest BCUT2D eigenvalue weighted by molar-refractivity contribution is 7.18. The zero-order chi connectivity index (χ0) is 16.7. The van der Waals surface area contributed by atoms with Gasteiger partial charge in [0.2, 0.25) is 0 Å². The van der Waals surface area contributed by atoms with Crippen molar-refractivity contribution in [3.05, 3.63) is 28.8 Å². The summed E-state index contributed by atoms with van der Waals surface area (Å²) in [6, 6.07) is 7.33. The molecule has 24 heavy (non-hydrogen) atoms. The van der Waals surface area contributed by atoms with Crippen LogP contribution in [0.15, 0.2) is 18.2 Å². The molecule has 4 rings (SSSR count). The summed E-state index contributed by atoms with van der Waals surface area (Å²) in [4.78, 5) is 7.26. The highest BCUT2D eigenvalue weighted by atomic mass is 32.1. The van der Waals surface area contributed by atoms with Gasteiger partial charge in [-0.05, 0) is 57.1 Å². The molecule has 0 bridgehead atoms. The number of rotatable bonds is 4. The largest absolute Gasteiger partial charge is 0.379 e. The fourth-order valence-corrected chi connectivity index (χ4v) is 5.00. The number of piperidine rings is 1. The summed E-state index contributed by atoms with van der Waals surface area (Å²) >= 11 is 1.84. The average Bonchev–Trinajstić information content (AvgIpc) is 2.94. The first-order valence-electron chi connectivity index (χ1n) is 8.93. The Hall–Kier alpha value is -1.01. The van der Waals surface area contributed by atoms with Gasteiger partial charge in [0.25, 0.3) is 0 Å². The van der Waals surface area contributed by atoms with Crippen molar-refractivity contribution >= 4 is 21.6 Å². The first kappa shape index (κ1) is 16.5. The molecule has 2 saturated heterocycles. The summed E-state index contributed by atoms with van der Waals surface area (Å²) in [7, 11) is 4.25. The molecule has 2 aliphatic rings. The minimum Gasteiger partial charge on any atom is -0.379 e. The number of nitrogens with one attached hydrogen (secondary N) is 1. The minimum atomic E-state index is 0.0892. The Bertz CT molecular complexity index is 714. The van der Waals surface area contributed by atoms with E-state index in [0.717, 1.165) is 37.7 Å². The lowest BCUT2D eigenvalue weighted by Crippen LogP contribution is -2.53. The van der Waals surface area contributed by atoms with Crippen LogP contribution in [0.2, 0.25) is 0 Å². The summed E-state index contributed by atoms with van der Waals surface area (Å²) in [5.41, 5.74) is 2.63. The van der Waals surface area contributed by atoms with Crippen LogP contribution >= 0.6 is 11.3 Å². The second kappa shape index (κ2) is 6.37. The molecular weight excluding hydrogens is 318 g/mol. The molecule has 5 heteroatoms. The maximum Gasteiger partial charge on any atom is 0.106 e. The van der Waals surface area contributed by atoms with E-state index in [1.165, 1.54) is 28.1 Å². The van der Waals surface area contributed by atoms with Crippen molar-refractivity contribution in [2.24, 2.45) is 5.92 Å². The average molecular weight is 346 g/mol. The summed E-state index contributed by atoms with van der Waals surface area (Å²) < 4.78 is 6.84. The van der Waals surface area contributed by atoms with Crippen molar-refractivity contribution in [3.8, 4) is 0 Å². The van der Waals surface area contributed by atoms with Crippen molar-refractivity contribution in [1.29, 1.82) is 0 Å². The van der Waals surface area contributed by atoms with Crippen LogP contribution in [0.5, 0.6) is 0 Å². The van der Waals surface area contributed by atoms with Crippen LogP contribution in [0.1, 0.15) is 36.4 Å². The normalized spacial score (nSPS) is 26.7. The van der Waals surface area contributed by atoms with Gasteiger partial charge in [-0.3, -0.25) is 0 Å². The molecule has 2 atom stereocenters. The molecule has 0 radical (unpaired) electrons. The molecule has 3 heterocycles. The standard InChI is InChI=1S/C19H27N3OS/c1-13-4-6-15(20-9-13)14-5-7-17-16(8-14)21-18(24-17)19(10-22(2)3)11-23-12-19/h5,7-8,13,15,20H,4,6,9-12H2,1-3H3/t13-,15+/m0/s1. The number of hydrogen-bond donors (Lipinski definition) is 1. The maximum absolute atomic E-state index is 5.55. The van der Waals surface area contributed by atoms with Crippen LogP contribution in [-0.2, 0) is 10.2 Å². The number of benzene rings is 1. The third-order valence-electron chi connectivity index (χ3n) is 5.30. The molecule has 2 fully saturated rings. The number of aromatic nitrogens is 1. The van der Waals surface area contributed by atoms with Gasteiger partial charge in [0, 0.05) is 12.6 Å². The van der Waals surface area contributed by atoms with Crippen molar-refractivity contribution in [2.75, 3.05) is 40.4 Å². The Balaban J connectivity index is 1.61. The van der Waals surface area contributed by atoms with Gasteiger partial charge in [0.05, 0.1) is 28.8 Å². The maximum atomic E-state index is 5.55. The van der Waals surface area contributed by atoms with E-state index in [9.17, 15) is 0 Å². The molecule has 0 saturated carbocycles. The van der Waals surface area contributed by atoms with Crippen molar-refractivity contribution in [3.63, 3.8) is 0 Å². The summed E-state index contributed by atoms with van der Waals surface area (Å²) in [5.74, 6) is 0.792. The Kier molecular flexibility index (Phi) is 4.37. The van der Waals surface area contributed by atoms with Gasteiger partial charge in [-0.25, -0.2) is 4.98 Å². The van der Waals surface area contributed by atoms with Gasteiger partial charge in [-0.1, -0.05) is 13.0 Å². The van der Waals surface area contributed by atoms with E-state index < -0.39 is 0 Å². The van der Waals surface area contributed by atoms with Crippen LogP contribution in [0.25, 0.3) is 10.2 Å². The quantitative estimate of drug-likeness (QED) is 0.923. The van der Waals surface area contributed by atoms with Crippen LogP contribution in [0.4, 0.5) is 0 Å². The fourth-order valence-electron chi connectivity index (χ4n) is 3.91. The Morgan fingerprint density at radius 1 is 1.33 bits per heavy atom. The third kappa shape index (κ3) is 2.99. The lowest BCUT2D eigenvalue weighted by molar-refractivity contribution is -0.0698. The summed E-state index contributed by atoms with van der Waals surface area (Å²) in [5, 5.41) is 4.92. The van der Waals surface area contributed by atoms with Gasteiger partial charge < -0.3 is 15.0 Å². The second-order valence-corrected chi connectivity index (χ2v) is 8.93. The van der Waals surface area contributed by atoms with E-state index in [1.807, 2.05) is 11.3 Å². The molecule has 1 aromatic heterocycles. The zero-order valence-electron chi connectivity index (χ0n) is 14.8. The molecule has 0 aliphatic carbocycles.